The van der Waals surface area contributed by atoms with Crippen molar-refractivity contribution in [1.82, 2.24) is 0 Å². The summed E-state index contributed by atoms with van der Waals surface area (Å²) < 4.78 is 0. The monoisotopic (exact) mass is 295 g/mol. The van der Waals surface area contributed by atoms with Gasteiger partial charge in [-0.3, -0.25) is 4.79 Å². The van der Waals surface area contributed by atoms with E-state index >= 15 is 0 Å². The zero-order valence-electron chi connectivity index (χ0n) is 10.4. The molecule has 2 N–H and O–H groups in total. The van der Waals surface area contributed by atoms with Crippen LogP contribution in [-0.4, -0.2) is 11.1 Å². The molecule has 0 unspecified atom stereocenters. The van der Waals surface area contributed by atoms with Crippen LogP contribution in [0.3, 0.4) is 0 Å². The van der Waals surface area contributed by atoms with Crippen LogP contribution >= 0.6 is 22.9 Å². The minimum absolute atomic E-state index is 0.0792. The van der Waals surface area contributed by atoms with E-state index in [0.717, 1.165) is 21.0 Å². The van der Waals surface area contributed by atoms with E-state index in [0.29, 0.717) is 11.6 Å². The average Bonchev–Trinajstić information content (AvgIpc) is 2.77. The number of carboxylic acid groups (broad SMARTS) is 1. The van der Waals surface area contributed by atoms with Gasteiger partial charge in [0.05, 0.1) is 17.1 Å². The molecule has 0 amide bonds. The first-order valence-corrected chi connectivity index (χ1v) is 7.03. The molecular formula is C14H14ClNO2S. The van der Waals surface area contributed by atoms with Crippen LogP contribution in [0.4, 0.5) is 5.69 Å². The van der Waals surface area contributed by atoms with E-state index in [2.05, 4.69) is 5.32 Å². The number of halogens is 1. The topological polar surface area (TPSA) is 49.3 Å². The molecule has 0 bridgehead atoms. The molecule has 0 saturated heterocycles. The third-order valence-electron chi connectivity index (χ3n) is 2.62. The van der Waals surface area contributed by atoms with Gasteiger partial charge >= 0.3 is 5.97 Å². The van der Waals surface area contributed by atoms with E-state index in [-0.39, 0.29) is 6.42 Å². The van der Waals surface area contributed by atoms with E-state index in [9.17, 15) is 4.79 Å². The van der Waals surface area contributed by atoms with Crippen molar-refractivity contribution >= 4 is 34.6 Å². The van der Waals surface area contributed by atoms with Crippen LogP contribution in [-0.2, 0) is 17.8 Å². The maximum absolute atomic E-state index is 10.6. The molecule has 100 valence electrons. The summed E-state index contributed by atoms with van der Waals surface area (Å²) in [6.45, 7) is 2.66. The van der Waals surface area contributed by atoms with Crippen LogP contribution in [0.15, 0.2) is 30.3 Å². The van der Waals surface area contributed by atoms with Crippen LogP contribution in [0.5, 0.6) is 0 Å². The van der Waals surface area contributed by atoms with Crippen LogP contribution < -0.4 is 5.32 Å². The van der Waals surface area contributed by atoms with Gasteiger partial charge in [0.1, 0.15) is 0 Å². The fourth-order valence-electron chi connectivity index (χ4n) is 1.72. The first-order valence-electron chi connectivity index (χ1n) is 5.84. The first kappa shape index (κ1) is 13.9. The number of nitrogens with one attached hydrogen (secondary N) is 1. The molecule has 2 rings (SSSR count). The second-order valence-corrected chi connectivity index (χ2v) is 5.94. The summed E-state index contributed by atoms with van der Waals surface area (Å²) in [5.41, 5.74) is 2.04. The fourth-order valence-corrected chi connectivity index (χ4v) is 2.85. The molecule has 0 radical (unpaired) electrons. The quantitative estimate of drug-likeness (QED) is 0.878. The second kappa shape index (κ2) is 6.08. The summed E-state index contributed by atoms with van der Waals surface area (Å²) in [6, 6.07) is 9.62. The lowest BCUT2D eigenvalue weighted by Gasteiger charge is -2.08. The predicted octanol–water partition coefficient (Wildman–Crippen LogP) is 3.95. The van der Waals surface area contributed by atoms with Gasteiger partial charge in [0, 0.05) is 16.3 Å². The number of aryl methyl sites for hydroxylation is 1. The highest BCUT2D eigenvalue weighted by molar-refractivity contribution is 7.12. The van der Waals surface area contributed by atoms with E-state index < -0.39 is 5.97 Å². The van der Waals surface area contributed by atoms with E-state index in [4.69, 9.17) is 16.7 Å². The maximum atomic E-state index is 10.6. The van der Waals surface area contributed by atoms with Gasteiger partial charge in [-0.15, -0.1) is 11.3 Å². The summed E-state index contributed by atoms with van der Waals surface area (Å²) in [5, 5.41) is 12.7. The number of anilines is 1. The highest BCUT2D eigenvalue weighted by Crippen LogP contribution is 2.24. The van der Waals surface area contributed by atoms with Crippen LogP contribution in [0.25, 0.3) is 0 Å². The summed E-state index contributed by atoms with van der Waals surface area (Å²) in [7, 11) is 0. The summed E-state index contributed by atoms with van der Waals surface area (Å²) in [4.78, 5) is 12.6. The van der Waals surface area contributed by atoms with Gasteiger partial charge in [-0.1, -0.05) is 17.7 Å². The van der Waals surface area contributed by atoms with Crippen molar-refractivity contribution in [3.63, 3.8) is 0 Å². The minimum Gasteiger partial charge on any atom is -0.481 e. The van der Waals surface area contributed by atoms with E-state index in [1.54, 1.807) is 0 Å². The SMILES string of the molecule is Cc1ccc(Cl)c(NCc2ccc(CC(=O)O)s2)c1. The Morgan fingerprint density at radius 1 is 1.32 bits per heavy atom. The number of hydrogen-bond donors (Lipinski definition) is 2. The van der Waals surface area contributed by atoms with Crippen molar-refractivity contribution in [2.75, 3.05) is 5.32 Å². The summed E-state index contributed by atoms with van der Waals surface area (Å²) in [6.07, 6.45) is 0.0792. The lowest BCUT2D eigenvalue weighted by molar-refractivity contribution is -0.136. The number of hydrogen-bond acceptors (Lipinski definition) is 3. The standard InChI is InChI=1S/C14H14ClNO2S/c1-9-2-5-12(15)13(6-9)16-8-11-4-3-10(19-11)7-14(17)18/h2-6,16H,7-8H2,1H3,(H,17,18). The van der Waals surface area contributed by atoms with Gasteiger partial charge in [0.25, 0.3) is 0 Å². The van der Waals surface area contributed by atoms with Crippen LogP contribution in [0.2, 0.25) is 5.02 Å². The highest BCUT2D eigenvalue weighted by Gasteiger charge is 2.05. The van der Waals surface area contributed by atoms with Crippen LogP contribution in [0, 0.1) is 6.92 Å². The molecule has 1 heterocycles. The molecule has 1 aromatic heterocycles. The Kier molecular flexibility index (Phi) is 4.45. The van der Waals surface area contributed by atoms with Gasteiger partial charge in [-0.25, -0.2) is 0 Å². The van der Waals surface area contributed by atoms with Crippen molar-refractivity contribution in [2.45, 2.75) is 19.9 Å². The zero-order chi connectivity index (χ0) is 13.8. The number of rotatable bonds is 5. The second-order valence-electron chi connectivity index (χ2n) is 4.28. The predicted molar refractivity (Wildman–Crippen MR) is 79.2 cm³/mol. The number of benzene rings is 1. The number of carbonyl (C=O) groups is 1. The zero-order valence-corrected chi connectivity index (χ0v) is 12.0. The lowest BCUT2D eigenvalue weighted by Crippen LogP contribution is -1.98. The van der Waals surface area contributed by atoms with Crippen molar-refractivity contribution in [3.05, 3.63) is 50.7 Å². The average molecular weight is 296 g/mol. The normalized spacial score (nSPS) is 10.4. The third kappa shape index (κ3) is 3.98. The van der Waals surface area contributed by atoms with Gasteiger partial charge in [-0.2, -0.15) is 0 Å². The Balaban J connectivity index is 2.00. The number of thiophene rings is 1. The minimum atomic E-state index is -0.803. The van der Waals surface area contributed by atoms with E-state index in [1.807, 2.05) is 37.3 Å². The Hall–Kier alpha value is -1.52. The summed E-state index contributed by atoms with van der Waals surface area (Å²) in [5.74, 6) is -0.803. The molecule has 0 aliphatic rings. The molecule has 3 nitrogen and oxygen atoms in total. The Morgan fingerprint density at radius 2 is 2.05 bits per heavy atom. The molecule has 0 fully saturated rings. The molecule has 2 aromatic rings. The fraction of sp³-hybridized carbons (Fsp3) is 0.214. The van der Waals surface area contributed by atoms with Crippen molar-refractivity contribution in [1.29, 1.82) is 0 Å². The van der Waals surface area contributed by atoms with Crippen LogP contribution in [0.1, 0.15) is 15.3 Å². The molecule has 0 aliphatic carbocycles. The molecule has 0 spiro atoms. The number of carboxylic acids is 1. The van der Waals surface area contributed by atoms with Crippen molar-refractivity contribution < 1.29 is 9.90 Å². The Labute approximate surface area is 120 Å². The molecular weight excluding hydrogens is 282 g/mol. The lowest BCUT2D eigenvalue weighted by atomic mass is 10.2. The van der Waals surface area contributed by atoms with Crippen molar-refractivity contribution in [2.24, 2.45) is 0 Å². The van der Waals surface area contributed by atoms with Crippen molar-refractivity contribution in [3.8, 4) is 0 Å². The molecule has 0 aliphatic heterocycles. The van der Waals surface area contributed by atoms with Gasteiger partial charge < -0.3 is 10.4 Å². The molecule has 19 heavy (non-hydrogen) atoms. The Morgan fingerprint density at radius 3 is 2.79 bits per heavy atom. The number of aliphatic carboxylic acids is 1. The molecule has 0 saturated carbocycles. The highest BCUT2D eigenvalue weighted by atomic mass is 35.5. The summed E-state index contributed by atoms with van der Waals surface area (Å²) >= 11 is 7.60. The third-order valence-corrected chi connectivity index (χ3v) is 4.03. The van der Waals surface area contributed by atoms with E-state index in [1.165, 1.54) is 11.3 Å². The molecule has 5 heteroatoms. The molecule has 0 atom stereocenters. The van der Waals surface area contributed by atoms with Gasteiger partial charge in [-0.05, 0) is 36.8 Å². The maximum Gasteiger partial charge on any atom is 0.308 e. The largest absolute Gasteiger partial charge is 0.481 e. The first-order chi connectivity index (χ1) is 9.04. The van der Waals surface area contributed by atoms with Gasteiger partial charge in [0.2, 0.25) is 0 Å². The Bertz CT molecular complexity index is 595. The van der Waals surface area contributed by atoms with Gasteiger partial charge in [0.15, 0.2) is 0 Å². The molecule has 1 aromatic carbocycles. The smallest absolute Gasteiger partial charge is 0.308 e.